The molecule has 30 heavy (non-hydrogen) atoms. The normalized spacial score (nSPS) is 19.1. The van der Waals surface area contributed by atoms with Crippen molar-refractivity contribution in [3.63, 3.8) is 0 Å². The number of anilines is 1. The predicted molar refractivity (Wildman–Crippen MR) is 111 cm³/mol. The Labute approximate surface area is 176 Å². The van der Waals surface area contributed by atoms with Gasteiger partial charge in [-0.1, -0.05) is 60.7 Å². The molecule has 3 aromatic rings. The number of carbonyl (C=O) groups excluding carboxylic acids is 1. The van der Waals surface area contributed by atoms with Gasteiger partial charge in [-0.25, -0.2) is 0 Å². The van der Waals surface area contributed by atoms with Crippen molar-refractivity contribution >= 4 is 28.9 Å². The molecule has 152 valence electrons. The van der Waals surface area contributed by atoms with E-state index >= 15 is 0 Å². The van der Waals surface area contributed by atoms with Crippen molar-refractivity contribution in [2.24, 2.45) is 5.10 Å². The van der Waals surface area contributed by atoms with E-state index in [-0.39, 0.29) is 12.1 Å². The average molecular weight is 429 g/mol. The zero-order valence-electron chi connectivity index (χ0n) is 15.6. The van der Waals surface area contributed by atoms with E-state index in [9.17, 15) is 18.0 Å². The van der Waals surface area contributed by atoms with Gasteiger partial charge < -0.3 is 0 Å². The summed E-state index contributed by atoms with van der Waals surface area (Å²) < 4.78 is 38.7. The molecule has 0 radical (unpaired) electrons. The Bertz CT molecular complexity index is 1080. The van der Waals surface area contributed by atoms with Gasteiger partial charge in [0.25, 0.3) is 5.91 Å². The summed E-state index contributed by atoms with van der Waals surface area (Å²) in [6, 6.07) is 22.6. The first-order valence-corrected chi connectivity index (χ1v) is 9.56. The van der Waals surface area contributed by atoms with Gasteiger partial charge in [-0.3, -0.25) is 4.79 Å². The highest BCUT2D eigenvalue weighted by Crippen LogP contribution is 2.38. The van der Waals surface area contributed by atoms with Crippen molar-refractivity contribution in [3.05, 3.63) is 102 Å². The van der Waals surface area contributed by atoms with Crippen molar-refractivity contribution in [1.82, 2.24) is 0 Å². The van der Waals surface area contributed by atoms with Gasteiger partial charge in [0.15, 0.2) is 4.87 Å². The maximum atomic E-state index is 13.4. The van der Waals surface area contributed by atoms with E-state index in [1.54, 1.807) is 12.1 Å². The summed E-state index contributed by atoms with van der Waals surface area (Å²) in [5.74, 6) is -0.508. The first-order valence-electron chi connectivity index (χ1n) is 9.18. The fraction of sp³-hybridized carbons (Fsp3) is 0.130. The fourth-order valence-electron chi connectivity index (χ4n) is 3.38. The predicted octanol–water partition coefficient (Wildman–Crippen LogP) is 5.68. The number of hydrogen-bond acceptors (Lipinski definition) is 2. The number of alkyl halides is 4. The van der Waals surface area contributed by atoms with Crippen molar-refractivity contribution in [3.8, 4) is 0 Å². The number of carbonyl (C=O) groups is 1. The van der Waals surface area contributed by atoms with E-state index < -0.39 is 22.5 Å². The summed E-state index contributed by atoms with van der Waals surface area (Å²) >= 11 is 6.90. The third-order valence-electron chi connectivity index (χ3n) is 4.88. The van der Waals surface area contributed by atoms with E-state index in [0.717, 1.165) is 22.7 Å². The number of amides is 1. The minimum atomic E-state index is -4.46. The first-order chi connectivity index (χ1) is 14.3. The van der Waals surface area contributed by atoms with Gasteiger partial charge in [0.1, 0.15) is 0 Å². The minimum Gasteiger partial charge on any atom is -0.270 e. The maximum Gasteiger partial charge on any atom is 0.416 e. The van der Waals surface area contributed by atoms with Gasteiger partial charge in [0.05, 0.1) is 17.0 Å². The van der Waals surface area contributed by atoms with Crippen molar-refractivity contribution < 1.29 is 18.0 Å². The van der Waals surface area contributed by atoms with E-state index in [2.05, 4.69) is 5.10 Å². The molecule has 1 aliphatic rings. The highest BCUT2D eigenvalue weighted by Gasteiger charge is 2.50. The Morgan fingerprint density at radius 1 is 0.867 bits per heavy atom. The fourth-order valence-corrected chi connectivity index (χ4v) is 3.76. The van der Waals surface area contributed by atoms with E-state index in [0.29, 0.717) is 11.3 Å². The van der Waals surface area contributed by atoms with Crippen molar-refractivity contribution in [2.45, 2.75) is 17.5 Å². The Kier molecular flexibility index (Phi) is 5.12. The Balaban J connectivity index is 1.76. The summed E-state index contributed by atoms with van der Waals surface area (Å²) in [4.78, 5) is 11.9. The van der Waals surface area contributed by atoms with Gasteiger partial charge in [-0.05, 0) is 29.8 Å². The molecular formula is C23H16ClF3N2O. The molecule has 0 fully saturated rings. The molecule has 0 spiro atoms. The third-order valence-corrected chi connectivity index (χ3v) is 5.36. The molecule has 1 aliphatic heterocycles. The van der Waals surface area contributed by atoms with Crippen molar-refractivity contribution in [1.29, 1.82) is 0 Å². The SMILES string of the molecule is O=C1N(c2ccc(C(F)(F)F)cc2)N=C(c2ccccc2)[C@]1(Cl)Cc1ccccc1. The van der Waals surface area contributed by atoms with E-state index in [4.69, 9.17) is 11.6 Å². The van der Waals surface area contributed by atoms with Crippen LogP contribution < -0.4 is 5.01 Å². The van der Waals surface area contributed by atoms with Crippen LogP contribution in [0, 0.1) is 0 Å². The van der Waals surface area contributed by atoms with E-state index in [1.807, 2.05) is 48.5 Å². The summed E-state index contributed by atoms with van der Waals surface area (Å²) in [7, 11) is 0. The molecule has 0 bridgehead atoms. The molecule has 3 nitrogen and oxygen atoms in total. The van der Waals surface area contributed by atoms with Crippen LogP contribution in [0.3, 0.4) is 0 Å². The third kappa shape index (κ3) is 3.71. The lowest BCUT2D eigenvalue weighted by Gasteiger charge is -2.23. The molecule has 0 aromatic heterocycles. The van der Waals surface area contributed by atoms with Crippen LogP contribution in [0.5, 0.6) is 0 Å². The van der Waals surface area contributed by atoms with Crippen LogP contribution in [0.15, 0.2) is 90.0 Å². The Hall–Kier alpha value is -3.12. The lowest BCUT2D eigenvalue weighted by Crippen LogP contribution is -2.43. The minimum absolute atomic E-state index is 0.194. The number of benzene rings is 3. The van der Waals surface area contributed by atoms with Gasteiger partial charge in [0.2, 0.25) is 0 Å². The zero-order valence-corrected chi connectivity index (χ0v) is 16.4. The smallest absolute Gasteiger partial charge is 0.270 e. The molecule has 0 aliphatic carbocycles. The summed E-state index contributed by atoms with van der Waals surface area (Å²) in [5, 5.41) is 5.52. The lowest BCUT2D eigenvalue weighted by atomic mass is 9.89. The molecule has 0 N–H and O–H groups in total. The molecule has 0 saturated heterocycles. The van der Waals surface area contributed by atoms with Crippen LogP contribution in [-0.2, 0) is 17.4 Å². The number of rotatable bonds is 4. The summed E-state index contributed by atoms with van der Waals surface area (Å²) in [5.41, 5.74) is 1.30. The van der Waals surface area contributed by atoms with Gasteiger partial charge in [-0.2, -0.15) is 23.3 Å². The molecule has 0 unspecified atom stereocenters. The van der Waals surface area contributed by atoms with Crippen LogP contribution in [0.2, 0.25) is 0 Å². The number of halogens is 4. The van der Waals surface area contributed by atoms with Crippen LogP contribution in [-0.4, -0.2) is 16.5 Å². The number of nitrogens with zero attached hydrogens (tertiary/aromatic N) is 2. The standard InChI is InChI=1S/C23H16ClF3N2O/c24-22(15-16-7-3-1-4-8-16)20(17-9-5-2-6-10-17)28-29(21(22)30)19-13-11-18(12-14-19)23(25,26)27/h1-14H,15H2/t22-/m1/s1. The average Bonchev–Trinajstić information content (AvgIpc) is 3.00. The van der Waals surface area contributed by atoms with Gasteiger partial charge >= 0.3 is 6.18 Å². The van der Waals surface area contributed by atoms with Crippen molar-refractivity contribution in [2.75, 3.05) is 5.01 Å². The Morgan fingerprint density at radius 2 is 1.43 bits per heavy atom. The first kappa shape index (κ1) is 20.2. The second kappa shape index (κ2) is 7.61. The van der Waals surface area contributed by atoms with Crippen LogP contribution >= 0.6 is 11.6 Å². The molecule has 7 heteroatoms. The van der Waals surface area contributed by atoms with Gasteiger partial charge in [0, 0.05) is 12.0 Å². The molecular weight excluding hydrogens is 413 g/mol. The van der Waals surface area contributed by atoms with Crippen LogP contribution in [0.1, 0.15) is 16.7 Å². The molecule has 1 atom stereocenters. The monoisotopic (exact) mass is 428 g/mol. The van der Waals surface area contributed by atoms with Crippen LogP contribution in [0.25, 0.3) is 0 Å². The number of hydrazone groups is 1. The largest absolute Gasteiger partial charge is 0.416 e. The molecule has 3 aromatic carbocycles. The molecule has 1 heterocycles. The highest BCUT2D eigenvalue weighted by molar-refractivity contribution is 6.53. The molecule has 4 rings (SSSR count). The summed E-state index contributed by atoms with van der Waals surface area (Å²) in [6.07, 6.45) is -4.27. The second-order valence-electron chi connectivity index (χ2n) is 6.94. The lowest BCUT2D eigenvalue weighted by molar-refractivity contribution is -0.137. The van der Waals surface area contributed by atoms with Gasteiger partial charge in [-0.15, -0.1) is 11.6 Å². The molecule has 0 saturated carbocycles. The van der Waals surface area contributed by atoms with E-state index in [1.165, 1.54) is 12.1 Å². The quantitative estimate of drug-likeness (QED) is 0.492. The maximum absolute atomic E-state index is 13.4. The Morgan fingerprint density at radius 3 is 2.00 bits per heavy atom. The molecule has 1 amide bonds. The summed E-state index contributed by atoms with van der Waals surface area (Å²) in [6.45, 7) is 0. The number of hydrogen-bond donors (Lipinski definition) is 0. The highest BCUT2D eigenvalue weighted by atomic mass is 35.5. The zero-order chi connectivity index (χ0) is 21.4. The van der Waals surface area contributed by atoms with Crippen LogP contribution in [0.4, 0.5) is 18.9 Å². The topological polar surface area (TPSA) is 32.7 Å². The second-order valence-corrected chi connectivity index (χ2v) is 7.58.